The monoisotopic (exact) mass is 450 g/mol. The molecule has 0 spiro atoms. The fraction of sp³-hybridized carbons (Fsp3) is 0.625. The van der Waals surface area contributed by atoms with Crippen molar-refractivity contribution >= 4 is 36.0 Å². The molecule has 136 valence electrons. The van der Waals surface area contributed by atoms with Crippen molar-refractivity contribution in [3.05, 3.63) is 23.2 Å². The molecule has 7 nitrogen and oxygen atoms in total. The number of piperidine rings is 1. The average molecular weight is 450 g/mol. The van der Waals surface area contributed by atoms with E-state index in [9.17, 15) is 4.79 Å². The van der Waals surface area contributed by atoms with Crippen molar-refractivity contribution in [2.24, 2.45) is 4.99 Å². The minimum Gasteiger partial charge on any atom is -0.466 e. The number of aryl methyl sites for hydroxylation is 2. The third kappa shape index (κ3) is 5.57. The minimum absolute atomic E-state index is 0. The zero-order valence-corrected chi connectivity index (χ0v) is 17.0. The fourth-order valence-corrected chi connectivity index (χ4v) is 2.76. The summed E-state index contributed by atoms with van der Waals surface area (Å²) in [7, 11) is 3.17. The topological polar surface area (TPSA) is 79.1 Å². The molecule has 0 aromatic carbocycles. The number of nitrogens with one attached hydrogen (secondary N) is 2. The van der Waals surface area contributed by atoms with Crippen LogP contribution in [0.2, 0.25) is 0 Å². The molecule has 1 aliphatic rings. The van der Waals surface area contributed by atoms with Crippen LogP contribution in [-0.2, 0) is 11.3 Å². The summed E-state index contributed by atoms with van der Waals surface area (Å²) < 4.78 is 10.3. The van der Waals surface area contributed by atoms with Gasteiger partial charge in [-0.15, -0.1) is 24.0 Å². The van der Waals surface area contributed by atoms with Crippen molar-refractivity contribution < 1.29 is 13.9 Å². The lowest BCUT2D eigenvalue weighted by Crippen LogP contribution is -2.49. The van der Waals surface area contributed by atoms with Crippen LogP contribution in [0, 0.1) is 13.8 Å². The summed E-state index contributed by atoms with van der Waals surface area (Å²) >= 11 is 0. The molecule has 2 N–H and O–H groups in total. The van der Waals surface area contributed by atoms with Gasteiger partial charge in [0, 0.05) is 38.3 Å². The first-order valence-electron chi connectivity index (χ1n) is 7.89. The second kappa shape index (κ2) is 9.75. The summed E-state index contributed by atoms with van der Waals surface area (Å²) in [5, 5.41) is 6.72. The number of amides is 1. The predicted octanol–water partition coefficient (Wildman–Crippen LogP) is 2.41. The summed E-state index contributed by atoms with van der Waals surface area (Å²) in [6, 6.07) is 2.33. The second-order valence-electron chi connectivity index (χ2n) is 5.74. The van der Waals surface area contributed by atoms with Gasteiger partial charge in [-0.2, -0.15) is 0 Å². The normalized spacial score (nSPS) is 15.7. The van der Waals surface area contributed by atoms with Gasteiger partial charge >= 0.3 is 6.09 Å². The van der Waals surface area contributed by atoms with Gasteiger partial charge in [-0.05, 0) is 32.8 Å². The van der Waals surface area contributed by atoms with Crippen LogP contribution < -0.4 is 10.6 Å². The van der Waals surface area contributed by atoms with Crippen LogP contribution in [0.3, 0.4) is 0 Å². The molecule has 8 heteroatoms. The molecule has 0 atom stereocenters. The van der Waals surface area contributed by atoms with Gasteiger partial charge in [0.05, 0.1) is 7.11 Å². The quantitative estimate of drug-likeness (QED) is 0.420. The molecule has 2 rings (SSSR count). The lowest BCUT2D eigenvalue weighted by atomic mass is 10.1. The Balaban J connectivity index is 0.00000288. The molecular formula is C16H27IN4O3. The van der Waals surface area contributed by atoms with Gasteiger partial charge in [-0.1, -0.05) is 0 Å². The van der Waals surface area contributed by atoms with E-state index >= 15 is 0 Å². The number of aliphatic imine (C=N–C) groups is 1. The zero-order chi connectivity index (χ0) is 16.8. The standard InChI is InChI=1S/C16H26N4O3.HI/c1-11-9-13(12(2)23-11)10-18-15(17-3)19-14-5-7-20(8-6-14)16(21)22-4;/h9,14H,5-8,10H2,1-4H3,(H2,17,18,19);1H. The average Bonchev–Trinajstić information content (AvgIpc) is 2.88. The molecule has 0 unspecified atom stereocenters. The number of halogens is 1. The number of furan rings is 1. The van der Waals surface area contributed by atoms with Crippen LogP contribution in [0.4, 0.5) is 4.79 Å². The lowest BCUT2D eigenvalue weighted by molar-refractivity contribution is 0.111. The second-order valence-corrected chi connectivity index (χ2v) is 5.74. The van der Waals surface area contributed by atoms with E-state index in [-0.39, 0.29) is 30.1 Å². The Hall–Kier alpha value is -1.45. The highest BCUT2D eigenvalue weighted by molar-refractivity contribution is 14.0. The highest BCUT2D eigenvalue weighted by atomic mass is 127. The molecule has 1 aliphatic heterocycles. The first-order valence-corrected chi connectivity index (χ1v) is 7.89. The van der Waals surface area contributed by atoms with E-state index in [0.29, 0.717) is 25.7 Å². The van der Waals surface area contributed by atoms with Gasteiger partial charge in [0.15, 0.2) is 5.96 Å². The van der Waals surface area contributed by atoms with Gasteiger partial charge < -0.3 is 24.7 Å². The first kappa shape index (κ1) is 20.6. The van der Waals surface area contributed by atoms with E-state index in [1.165, 1.54) is 7.11 Å². The van der Waals surface area contributed by atoms with E-state index < -0.39 is 0 Å². The summed E-state index contributed by atoms with van der Waals surface area (Å²) in [5.74, 6) is 2.61. The van der Waals surface area contributed by atoms with Crippen molar-refractivity contribution in [2.45, 2.75) is 39.3 Å². The van der Waals surface area contributed by atoms with Crippen molar-refractivity contribution in [3.8, 4) is 0 Å². The first-order chi connectivity index (χ1) is 11.0. The van der Waals surface area contributed by atoms with Crippen LogP contribution in [0.15, 0.2) is 15.5 Å². The third-order valence-corrected chi connectivity index (χ3v) is 4.08. The molecule has 1 saturated heterocycles. The largest absolute Gasteiger partial charge is 0.466 e. The van der Waals surface area contributed by atoms with Gasteiger partial charge in [-0.25, -0.2) is 4.79 Å². The maximum atomic E-state index is 11.5. The van der Waals surface area contributed by atoms with Gasteiger partial charge in [0.25, 0.3) is 0 Å². The number of ether oxygens (including phenoxy) is 1. The molecule has 0 saturated carbocycles. The van der Waals surface area contributed by atoms with Crippen molar-refractivity contribution in [2.75, 3.05) is 27.2 Å². The molecular weight excluding hydrogens is 423 g/mol. The molecule has 2 heterocycles. The number of hydrogen-bond acceptors (Lipinski definition) is 4. The van der Waals surface area contributed by atoms with Crippen LogP contribution in [0.25, 0.3) is 0 Å². The van der Waals surface area contributed by atoms with Gasteiger partial charge in [-0.3, -0.25) is 4.99 Å². The van der Waals surface area contributed by atoms with E-state index in [1.54, 1.807) is 11.9 Å². The number of carbonyl (C=O) groups excluding carboxylic acids is 1. The van der Waals surface area contributed by atoms with Gasteiger partial charge in [0.2, 0.25) is 0 Å². The van der Waals surface area contributed by atoms with Crippen LogP contribution in [-0.4, -0.2) is 50.2 Å². The van der Waals surface area contributed by atoms with Crippen LogP contribution >= 0.6 is 24.0 Å². The number of nitrogens with zero attached hydrogens (tertiary/aromatic N) is 2. The summed E-state index contributed by atoms with van der Waals surface area (Å²) in [4.78, 5) is 17.5. The van der Waals surface area contributed by atoms with Crippen LogP contribution in [0.1, 0.15) is 29.9 Å². The molecule has 0 radical (unpaired) electrons. The molecule has 1 aromatic heterocycles. The molecule has 0 aliphatic carbocycles. The Morgan fingerprint density at radius 3 is 2.58 bits per heavy atom. The highest BCUT2D eigenvalue weighted by Crippen LogP contribution is 2.13. The SMILES string of the molecule is CN=C(NCc1cc(C)oc1C)NC1CCN(C(=O)OC)CC1.I. The van der Waals surface area contributed by atoms with Gasteiger partial charge in [0.1, 0.15) is 11.5 Å². The lowest BCUT2D eigenvalue weighted by Gasteiger charge is -2.32. The summed E-state index contributed by atoms with van der Waals surface area (Å²) in [5.41, 5.74) is 1.13. The molecule has 1 fully saturated rings. The molecule has 24 heavy (non-hydrogen) atoms. The van der Waals surface area contributed by atoms with Crippen molar-refractivity contribution in [1.29, 1.82) is 0 Å². The maximum absolute atomic E-state index is 11.5. The number of rotatable bonds is 3. The van der Waals surface area contributed by atoms with E-state index in [1.807, 2.05) is 19.9 Å². The number of guanidine groups is 1. The van der Waals surface area contributed by atoms with Crippen LogP contribution in [0.5, 0.6) is 0 Å². The number of hydrogen-bond donors (Lipinski definition) is 2. The third-order valence-electron chi connectivity index (χ3n) is 4.08. The minimum atomic E-state index is -0.253. The smallest absolute Gasteiger partial charge is 0.409 e. The highest BCUT2D eigenvalue weighted by Gasteiger charge is 2.23. The zero-order valence-electron chi connectivity index (χ0n) is 14.7. The molecule has 1 aromatic rings. The van der Waals surface area contributed by atoms with E-state index in [4.69, 9.17) is 9.15 Å². The Kier molecular flexibility index (Phi) is 8.37. The molecule has 1 amide bonds. The predicted molar refractivity (Wildman–Crippen MR) is 104 cm³/mol. The van der Waals surface area contributed by atoms with E-state index in [2.05, 4.69) is 15.6 Å². The molecule has 0 bridgehead atoms. The Morgan fingerprint density at radius 1 is 1.42 bits per heavy atom. The van der Waals surface area contributed by atoms with Crippen molar-refractivity contribution in [1.82, 2.24) is 15.5 Å². The Bertz CT molecular complexity index is 566. The Morgan fingerprint density at radius 2 is 2.08 bits per heavy atom. The van der Waals surface area contributed by atoms with Crippen molar-refractivity contribution in [3.63, 3.8) is 0 Å². The Labute approximate surface area is 160 Å². The van der Waals surface area contributed by atoms with E-state index in [0.717, 1.165) is 35.9 Å². The number of carbonyl (C=O) groups is 1. The fourth-order valence-electron chi connectivity index (χ4n) is 2.76. The maximum Gasteiger partial charge on any atom is 0.409 e. The summed E-state index contributed by atoms with van der Waals surface area (Å²) in [6.45, 7) is 5.97. The summed E-state index contributed by atoms with van der Waals surface area (Å²) in [6.07, 6.45) is 1.50. The number of methoxy groups -OCH3 is 1. The number of likely N-dealkylation sites (tertiary alicyclic amines) is 1.